The van der Waals surface area contributed by atoms with Crippen molar-refractivity contribution < 1.29 is 14.4 Å². The van der Waals surface area contributed by atoms with Crippen molar-refractivity contribution in [1.82, 2.24) is 0 Å². The van der Waals surface area contributed by atoms with Crippen molar-refractivity contribution in [3.8, 4) is 0 Å². The highest BCUT2D eigenvalue weighted by molar-refractivity contribution is 6.22. The van der Waals surface area contributed by atoms with Crippen molar-refractivity contribution in [2.45, 2.75) is 13.3 Å². The van der Waals surface area contributed by atoms with E-state index >= 15 is 0 Å². The van der Waals surface area contributed by atoms with Crippen molar-refractivity contribution >= 4 is 29.1 Å². The fourth-order valence-corrected chi connectivity index (χ4v) is 5.88. The molecule has 2 saturated carbocycles. The maximum Gasteiger partial charge on any atom is 0.255 e. The Balaban J connectivity index is 1.24. The Bertz CT molecular complexity index is 1080. The number of carbonyl (C=O) groups is 3. The van der Waals surface area contributed by atoms with Crippen molar-refractivity contribution in [2.24, 2.45) is 35.5 Å². The predicted molar refractivity (Wildman–Crippen MR) is 113 cm³/mol. The van der Waals surface area contributed by atoms with Gasteiger partial charge >= 0.3 is 0 Å². The minimum Gasteiger partial charge on any atom is -0.322 e. The van der Waals surface area contributed by atoms with Gasteiger partial charge in [-0.25, -0.2) is 0 Å². The van der Waals surface area contributed by atoms with Crippen LogP contribution in [0.2, 0.25) is 0 Å². The Labute approximate surface area is 174 Å². The second-order valence-electron chi connectivity index (χ2n) is 8.98. The van der Waals surface area contributed by atoms with Crippen LogP contribution in [0.25, 0.3) is 0 Å². The summed E-state index contributed by atoms with van der Waals surface area (Å²) in [7, 11) is 0. The van der Waals surface area contributed by atoms with E-state index in [0.717, 1.165) is 17.7 Å². The molecule has 6 atom stereocenters. The quantitative estimate of drug-likeness (QED) is 0.632. The molecule has 1 N–H and O–H groups in total. The van der Waals surface area contributed by atoms with Crippen molar-refractivity contribution in [2.75, 3.05) is 10.2 Å². The predicted octanol–water partition coefficient (Wildman–Crippen LogP) is 3.80. The molecule has 5 nitrogen and oxygen atoms in total. The van der Waals surface area contributed by atoms with Crippen LogP contribution in [0.1, 0.15) is 22.3 Å². The number of hydrogen-bond acceptors (Lipinski definition) is 3. The van der Waals surface area contributed by atoms with Gasteiger partial charge in [-0.2, -0.15) is 0 Å². The molecule has 3 fully saturated rings. The number of rotatable bonds is 3. The molecule has 7 rings (SSSR count). The van der Waals surface area contributed by atoms with Gasteiger partial charge in [-0.15, -0.1) is 0 Å². The molecular weight excluding hydrogens is 376 g/mol. The molecule has 0 spiro atoms. The molecule has 0 unspecified atom stereocenters. The van der Waals surface area contributed by atoms with E-state index in [-0.39, 0.29) is 41.4 Å². The minimum atomic E-state index is -0.217. The molecule has 2 aromatic carbocycles. The molecule has 1 saturated heterocycles. The fourth-order valence-electron chi connectivity index (χ4n) is 5.88. The highest BCUT2D eigenvalue weighted by Crippen LogP contribution is 2.65. The van der Waals surface area contributed by atoms with E-state index in [1.807, 2.05) is 31.2 Å². The number of anilines is 2. The molecule has 5 aliphatic rings. The number of nitrogens with zero attached hydrogens (tertiary/aromatic N) is 1. The lowest BCUT2D eigenvalue weighted by molar-refractivity contribution is -0.124. The first kappa shape index (κ1) is 17.6. The summed E-state index contributed by atoms with van der Waals surface area (Å²) < 4.78 is 0. The topological polar surface area (TPSA) is 66.5 Å². The lowest BCUT2D eigenvalue weighted by atomic mass is 9.63. The van der Waals surface area contributed by atoms with Crippen LogP contribution in [0, 0.1) is 42.4 Å². The van der Waals surface area contributed by atoms with Crippen LogP contribution in [-0.2, 0) is 9.59 Å². The third-order valence-electron chi connectivity index (χ3n) is 7.44. The molecular formula is C25H22N2O3. The summed E-state index contributed by atoms with van der Waals surface area (Å²) in [6, 6.07) is 14.4. The number of nitrogens with one attached hydrogen (secondary N) is 1. The number of imide groups is 1. The molecule has 4 aliphatic carbocycles. The molecule has 5 heteroatoms. The maximum atomic E-state index is 13.2. The van der Waals surface area contributed by atoms with Crippen LogP contribution in [-0.4, -0.2) is 17.7 Å². The molecule has 1 aliphatic heterocycles. The van der Waals surface area contributed by atoms with Gasteiger partial charge in [0.05, 0.1) is 17.5 Å². The van der Waals surface area contributed by atoms with Gasteiger partial charge in [0.25, 0.3) is 5.91 Å². The monoisotopic (exact) mass is 398 g/mol. The number of benzene rings is 2. The number of allylic oxidation sites excluding steroid dienone is 2. The Morgan fingerprint density at radius 1 is 0.900 bits per heavy atom. The minimum absolute atomic E-state index is 0.0770. The molecule has 2 bridgehead atoms. The molecule has 0 aromatic heterocycles. The number of aryl methyl sites for hydroxylation is 1. The van der Waals surface area contributed by atoms with Crippen molar-refractivity contribution in [3.05, 3.63) is 71.8 Å². The standard InChI is InChI=1S/C25H22N2O3/c1-13-4-2-3-5-20(13)26-23(28)14-6-8-15(9-7-14)27-24(29)21-16-10-11-17(19-12-18(16)19)22(21)25(27)30/h2-11,16-19,21-22H,12H2,1H3,(H,26,28)/t16-,17-,18-,19+,21+,22+/m0/s1. The first-order valence-corrected chi connectivity index (χ1v) is 10.6. The van der Waals surface area contributed by atoms with E-state index in [1.54, 1.807) is 24.3 Å². The van der Waals surface area contributed by atoms with Crippen molar-refractivity contribution in [1.29, 1.82) is 0 Å². The largest absolute Gasteiger partial charge is 0.322 e. The summed E-state index contributed by atoms with van der Waals surface area (Å²) in [6.45, 7) is 1.94. The zero-order chi connectivity index (χ0) is 20.6. The Morgan fingerprint density at radius 2 is 1.50 bits per heavy atom. The van der Waals surface area contributed by atoms with Crippen molar-refractivity contribution in [3.63, 3.8) is 0 Å². The van der Waals surface area contributed by atoms with Crippen LogP contribution >= 0.6 is 0 Å². The van der Waals surface area contributed by atoms with Gasteiger partial charge in [-0.05, 0) is 72.9 Å². The molecule has 150 valence electrons. The fraction of sp³-hybridized carbons (Fsp3) is 0.320. The smallest absolute Gasteiger partial charge is 0.255 e. The Hall–Kier alpha value is -3.21. The van der Waals surface area contributed by atoms with Gasteiger partial charge in [0, 0.05) is 11.3 Å². The third-order valence-corrected chi connectivity index (χ3v) is 7.44. The van der Waals surface area contributed by atoms with Crippen LogP contribution in [0.3, 0.4) is 0 Å². The van der Waals surface area contributed by atoms with Crippen LogP contribution in [0.5, 0.6) is 0 Å². The van der Waals surface area contributed by atoms with Crippen LogP contribution < -0.4 is 10.2 Å². The number of para-hydroxylation sites is 1. The second kappa shape index (κ2) is 6.14. The maximum absolute atomic E-state index is 13.2. The van der Waals surface area contributed by atoms with E-state index in [9.17, 15) is 14.4 Å². The number of amides is 3. The normalized spacial score (nSPS) is 32.8. The second-order valence-corrected chi connectivity index (χ2v) is 8.98. The molecule has 3 amide bonds. The summed E-state index contributed by atoms with van der Waals surface area (Å²) in [5, 5.41) is 2.91. The lowest BCUT2D eigenvalue weighted by Gasteiger charge is -2.37. The SMILES string of the molecule is Cc1ccccc1NC(=O)c1ccc(N2C(=O)[C@@H]3[C@H]4C=C[C@@H]([C@@H]5C[C@H]45)[C@H]3C2=O)cc1. The first-order chi connectivity index (χ1) is 14.5. The van der Waals surface area contributed by atoms with Gasteiger partial charge in [0.2, 0.25) is 11.8 Å². The lowest BCUT2D eigenvalue weighted by Crippen LogP contribution is -2.40. The summed E-state index contributed by atoms with van der Waals surface area (Å²) in [4.78, 5) is 40.3. The van der Waals surface area contributed by atoms with Gasteiger partial charge < -0.3 is 5.32 Å². The zero-order valence-corrected chi connectivity index (χ0v) is 16.6. The summed E-state index contributed by atoms with van der Waals surface area (Å²) >= 11 is 0. The molecule has 1 heterocycles. The van der Waals surface area contributed by atoms with Gasteiger partial charge in [0.1, 0.15) is 0 Å². The average molecular weight is 398 g/mol. The first-order valence-electron chi connectivity index (χ1n) is 10.6. The average Bonchev–Trinajstić information content (AvgIpc) is 3.53. The molecule has 2 aromatic rings. The molecule has 30 heavy (non-hydrogen) atoms. The zero-order valence-electron chi connectivity index (χ0n) is 16.6. The third kappa shape index (κ3) is 2.38. The van der Waals surface area contributed by atoms with Gasteiger partial charge in [-0.1, -0.05) is 30.4 Å². The highest BCUT2D eigenvalue weighted by Gasteiger charge is 2.67. The van der Waals surface area contributed by atoms with Crippen LogP contribution in [0.15, 0.2) is 60.7 Å². The van der Waals surface area contributed by atoms with E-state index < -0.39 is 0 Å². The summed E-state index contributed by atoms with van der Waals surface area (Å²) in [5.74, 6) is 0.817. The van der Waals surface area contributed by atoms with Crippen LogP contribution in [0.4, 0.5) is 11.4 Å². The molecule has 0 radical (unpaired) electrons. The van der Waals surface area contributed by atoms with E-state index in [4.69, 9.17) is 0 Å². The number of hydrogen-bond donors (Lipinski definition) is 1. The van der Waals surface area contributed by atoms with E-state index in [2.05, 4.69) is 17.5 Å². The van der Waals surface area contributed by atoms with Gasteiger partial charge in [-0.3, -0.25) is 19.3 Å². The number of carbonyl (C=O) groups excluding carboxylic acids is 3. The van der Waals surface area contributed by atoms with E-state index in [0.29, 0.717) is 23.1 Å². The van der Waals surface area contributed by atoms with E-state index in [1.165, 1.54) is 4.90 Å². The highest BCUT2D eigenvalue weighted by atomic mass is 16.2. The Morgan fingerprint density at radius 3 is 2.10 bits per heavy atom. The van der Waals surface area contributed by atoms with Gasteiger partial charge in [0.15, 0.2) is 0 Å². The summed E-state index contributed by atoms with van der Waals surface area (Å²) in [6.07, 6.45) is 5.50. The Kier molecular flexibility index (Phi) is 3.61. The summed E-state index contributed by atoms with van der Waals surface area (Å²) in [5.41, 5.74) is 2.79.